The average molecular weight is 391 g/mol. The van der Waals surface area contributed by atoms with Gasteiger partial charge in [0.05, 0.1) is 13.2 Å². The summed E-state index contributed by atoms with van der Waals surface area (Å²) in [5.74, 6) is -1.91. The molecule has 1 aromatic heterocycles. The summed E-state index contributed by atoms with van der Waals surface area (Å²) in [5.41, 5.74) is -2.87. The van der Waals surface area contributed by atoms with E-state index in [-0.39, 0.29) is 18.3 Å². The van der Waals surface area contributed by atoms with Gasteiger partial charge >= 0.3 is 6.18 Å². The van der Waals surface area contributed by atoms with Crippen molar-refractivity contribution < 1.29 is 36.5 Å². The molecular formula is C16H14F5N3O3. The van der Waals surface area contributed by atoms with Crippen molar-refractivity contribution in [3.63, 3.8) is 0 Å². The molecule has 3 N–H and O–H groups in total. The molecule has 0 spiro atoms. The fraction of sp³-hybridized carbons (Fsp3) is 0.312. The zero-order valence-electron chi connectivity index (χ0n) is 13.6. The van der Waals surface area contributed by atoms with Crippen molar-refractivity contribution in [1.29, 1.82) is 0 Å². The number of aromatic amines is 1. The Kier molecular flexibility index (Phi) is 4.96. The van der Waals surface area contributed by atoms with Gasteiger partial charge in [0.1, 0.15) is 12.2 Å². The molecule has 1 aliphatic rings. The molecule has 3 rings (SSSR count). The predicted molar refractivity (Wildman–Crippen MR) is 85.1 cm³/mol. The molecule has 1 unspecified atom stereocenters. The van der Waals surface area contributed by atoms with Gasteiger partial charge in [0.2, 0.25) is 0 Å². The molecule has 0 saturated carbocycles. The third-order valence-electron chi connectivity index (χ3n) is 3.67. The number of nitrogens with one attached hydrogen (secondary N) is 2. The first-order valence-electron chi connectivity index (χ1n) is 7.66. The van der Waals surface area contributed by atoms with Gasteiger partial charge in [0, 0.05) is 24.1 Å². The van der Waals surface area contributed by atoms with Crippen LogP contribution in [0.15, 0.2) is 35.6 Å². The number of benzene rings is 1. The Hall–Kier alpha value is -2.82. The first kappa shape index (κ1) is 19.0. The first-order valence-corrected chi connectivity index (χ1v) is 7.66. The molecule has 0 saturated heterocycles. The minimum Gasteiger partial charge on any atom is -0.461 e. The van der Waals surface area contributed by atoms with E-state index in [4.69, 9.17) is 14.6 Å². The topological polar surface area (TPSA) is 78.9 Å². The second-order valence-corrected chi connectivity index (χ2v) is 5.82. The largest absolute Gasteiger partial charge is 0.461 e. The van der Waals surface area contributed by atoms with Crippen molar-refractivity contribution in [1.82, 2.24) is 4.98 Å². The lowest BCUT2D eigenvalue weighted by Crippen LogP contribution is -2.43. The maximum atomic E-state index is 14.2. The zero-order chi connectivity index (χ0) is 19.7. The van der Waals surface area contributed by atoms with Gasteiger partial charge < -0.3 is 24.9 Å². The van der Waals surface area contributed by atoms with E-state index in [2.05, 4.69) is 15.3 Å². The summed E-state index contributed by atoms with van der Waals surface area (Å²) in [6, 6.07) is 3.34. The van der Waals surface area contributed by atoms with Crippen LogP contribution in [0.1, 0.15) is 5.56 Å². The van der Waals surface area contributed by atoms with Gasteiger partial charge in [-0.1, -0.05) is 0 Å². The van der Waals surface area contributed by atoms with E-state index >= 15 is 0 Å². The van der Waals surface area contributed by atoms with E-state index in [0.29, 0.717) is 6.20 Å². The monoisotopic (exact) mass is 391 g/mol. The second kappa shape index (κ2) is 7.06. The van der Waals surface area contributed by atoms with E-state index in [1.54, 1.807) is 0 Å². The predicted octanol–water partition coefficient (Wildman–Crippen LogP) is 3.46. The van der Waals surface area contributed by atoms with E-state index in [0.717, 1.165) is 18.3 Å². The first-order chi connectivity index (χ1) is 12.7. The molecule has 0 aliphatic carbocycles. The smallest absolute Gasteiger partial charge is 0.421 e. The van der Waals surface area contributed by atoms with Crippen LogP contribution in [0.5, 0.6) is 11.5 Å². The molecule has 146 valence electrons. The average Bonchev–Trinajstić information content (AvgIpc) is 3.08. The van der Waals surface area contributed by atoms with Crippen molar-refractivity contribution in [2.45, 2.75) is 11.8 Å². The summed E-state index contributed by atoms with van der Waals surface area (Å²) in [6.45, 7) is -1.50. The van der Waals surface area contributed by atoms with Gasteiger partial charge in [-0.25, -0.2) is 13.8 Å². The Morgan fingerprint density at radius 3 is 2.67 bits per heavy atom. The molecule has 1 aliphatic heterocycles. The number of H-pyrrole nitrogens is 1. The lowest BCUT2D eigenvalue weighted by molar-refractivity contribution is -0.138. The molecule has 11 heteroatoms. The summed E-state index contributed by atoms with van der Waals surface area (Å²) in [4.78, 5) is 6.03. The summed E-state index contributed by atoms with van der Waals surface area (Å²) < 4.78 is 76.4. The maximum Gasteiger partial charge on any atom is 0.421 e. The third-order valence-corrected chi connectivity index (χ3v) is 3.67. The normalized spacial score (nSPS) is 20.0. The number of anilines is 1. The molecule has 0 amide bonds. The summed E-state index contributed by atoms with van der Waals surface area (Å²) in [5, 5.41) is 11.5. The highest BCUT2D eigenvalue weighted by molar-refractivity contribution is 5.89. The van der Waals surface area contributed by atoms with Crippen LogP contribution in [0.3, 0.4) is 0 Å². The number of rotatable bonds is 4. The van der Waals surface area contributed by atoms with E-state index in [9.17, 15) is 22.0 Å². The highest BCUT2D eigenvalue weighted by Crippen LogP contribution is 2.38. The molecule has 1 atom stereocenters. The fourth-order valence-electron chi connectivity index (χ4n) is 2.23. The molecule has 0 fully saturated rings. The number of hydrogen-bond acceptors (Lipinski definition) is 5. The zero-order valence-corrected chi connectivity index (χ0v) is 13.6. The van der Waals surface area contributed by atoms with E-state index < -0.39 is 47.9 Å². The van der Waals surface area contributed by atoms with Gasteiger partial charge in [-0.2, -0.15) is 13.2 Å². The quantitative estimate of drug-likeness (QED) is 0.698. The van der Waals surface area contributed by atoms with Gasteiger partial charge in [-0.15, -0.1) is 0 Å². The SMILES string of the molecule is OCC1(F)CN=C(Nc2ccc(Oc3c[nH]cc3C(F)(F)F)c(F)c2)OC1. The number of halogens is 5. The Morgan fingerprint density at radius 1 is 1.30 bits per heavy atom. The maximum absolute atomic E-state index is 14.2. The minimum atomic E-state index is -4.65. The van der Waals surface area contributed by atoms with Gasteiger partial charge in [0.25, 0.3) is 6.02 Å². The molecular weight excluding hydrogens is 377 g/mol. The molecule has 2 heterocycles. The number of amidine groups is 1. The van der Waals surface area contributed by atoms with E-state index in [1.807, 2.05) is 0 Å². The second-order valence-electron chi connectivity index (χ2n) is 5.82. The number of nitrogens with zero attached hydrogens (tertiary/aromatic N) is 1. The van der Waals surface area contributed by atoms with Crippen LogP contribution in [0.4, 0.5) is 27.6 Å². The Labute approximate surface area is 149 Å². The lowest BCUT2D eigenvalue weighted by atomic mass is 10.1. The molecule has 0 bridgehead atoms. The Bertz CT molecular complexity index is 852. The van der Waals surface area contributed by atoms with Crippen molar-refractivity contribution in [3.05, 3.63) is 42.0 Å². The Balaban J connectivity index is 1.71. The van der Waals surface area contributed by atoms with Crippen LogP contribution in [0.25, 0.3) is 0 Å². The van der Waals surface area contributed by atoms with Crippen molar-refractivity contribution in [2.75, 3.05) is 25.1 Å². The van der Waals surface area contributed by atoms with Crippen LogP contribution < -0.4 is 10.1 Å². The third kappa shape index (κ3) is 4.30. The van der Waals surface area contributed by atoms with Crippen LogP contribution >= 0.6 is 0 Å². The summed E-state index contributed by atoms with van der Waals surface area (Å²) >= 11 is 0. The summed E-state index contributed by atoms with van der Waals surface area (Å²) in [7, 11) is 0. The summed E-state index contributed by atoms with van der Waals surface area (Å²) in [6.07, 6.45) is -2.98. The highest BCUT2D eigenvalue weighted by atomic mass is 19.4. The lowest BCUT2D eigenvalue weighted by Gasteiger charge is -2.26. The van der Waals surface area contributed by atoms with Crippen LogP contribution in [0, 0.1) is 5.82 Å². The van der Waals surface area contributed by atoms with Crippen LogP contribution in [-0.4, -0.2) is 41.5 Å². The van der Waals surface area contributed by atoms with Crippen molar-refractivity contribution in [3.8, 4) is 11.5 Å². The Morgan fingerprint density at radius 2 is 2.07 bits per heavy atom. The fourth-order valence-corrected chi connectivity index (χ4v) is 2.23. The molecule has 1 aromatic carbocycles. The number of ether oxygens (including phenoxy) is 2. The minimum absolute atomic E-state index is 0.0743. The molecule has 6 nitrogen and oxygen atoms in total. The number of aliphatic hydroxyl groups excluding tert-OH is 1. The van der Waals surface area contributed by atoms with Gasteiger partial charge in [-0.05, 0) is 12.1 Å². The number of hydrogen-bond donors (Lipinski definition) is 3. The molecule has 27 heavy (non-hydrogen) atoms. The molecule has 0 radical (unpaired) electrons. The number of aliphatic hydroxyl groups is 1. The van der Waals surface area contributed by atoms with Gasteiger partial charge in [0.15, 0.2) is 23.0 Å². The number of aliphatic imine (C=N–C) groups is 1. The standard InChI is InChI=1S/C16H14F5N3O3/c17-11-3-9(24-14-23-6-15(18,7-25)8-26-14)1-2-12(11)27-13-5-22-4-10(13)16(19,20)21/h1-5,22,25H,6-8H2,(H,23,24). The molecule has 2 aromatic rings. The highest BCUT2D eigenvalue weighted by Gasteiger charge is 2.36. The van der Waals surface area contributed by atoms with Crippen LogP contribution in [0.2, 0.25) is 0 Å². The van der Waals surface area contributed by atoms with E-state index in [1.165, 1.54) is 6.07 Å². The van der Waals surface area contributed by atoms with Crippen molar-refractivity contribution >= 4 is 11.7 Å². The van der Waals surface area contributed by atoms with Crippen molar-refractivity contribution in [2.24, 2.45) is 4.99 Å². The number of alkyl halides is 4. The van der Waals surface area contributed by atoms with Crippen LogP contribution in [-0.2, 0) is 10.9 Å². The number of aromatic nitrogens is 1. The van der Waals surface area contributed by atoms with Gasteiger partial charge in [-0.3, -0.25) is 0 Å².